The molecule has 0 saturated carbocycles. The Morgan fingerprint density at radius 3 is 3.00 bits per heavy atom. The molecule has 1 unspecified atom stereocenters. The first-order chi connectivity index (χ1) is 8.33. The molecule has 0 aromatic carbocycles. The van der Waals surface area contributed by atoms with Crippen LogP contribution in [0.2, 0.25) is 0 Å². The molecule has 0 radical (unpaired) electrons. The summed E-state index contributed by atoms with van der Waals surface area (Å²) in [5.74, 6) is 2.38. The Balaban J connectivity index is 1.73. The fourth-order valence-electron chi connectivity index (χ4n) is 2.92. The first kappa shape index (κ1) is 11.4. The summed E-state index contributed by atoms with van der Waals surface area (Å²) in [4.78, 5) is 2.46. The number of allylic oxidation sites excluding steroid dienone is 3. The van der Waals surface area contributed by atoms with E-state index in [0.717, 1.165) is 12.3 Å². The predicted octanol–water partition coefficient (Wildman–Crippen LogP) is 2.85. The minimum atomic E-state index is -0.206. The van der Waals surface area contributed by atoms with Crippen LogP contribution in [0.5, 0.6) is 0 Å². The second-order valence-corrected chi connectivity index (χ2v) is 7.18. The molecule has 0 spiro atoms. The first-order valence-corrected chi connectivity index (χ1v) is 8.45. The molecule has 94 valence electrons. The van der Waals surface area contributed by atoms with Gasteiger partial charge in [0, 0.05) is 24.2 Å². The summed E-state index contributed by atoms with van der Waals surface area (Å²) >= 11 is -0.206. The molecule has 0 aromatic rings. The maximum atomic E-state index is 6.09. The third-order valence-electron chi connectivity index (χ3n) is 3.98. The molecular formula is C14H22N2S. The number of rotatable bonds is 1. The first-order valence-electron chi connectivity index (χ1n) is 6.67. The third-order valence-corrected chi connectivity index (χ3v) is 5.53. The Bertz CT molecular complexity index is 395. The molecule has 3 aliphatic rings. The van der Waals surface area contributed by atoms with Crippen molar-refractivity contribution >= 4 is 11.1 Å². The Kier molecular flexibility index (Phi) is 3.30. The van der Waals surface area contributed by atoms with Gasteiger partial charge in [-0.05, 0) is 55.1 Å². The largest absolute Gasteiger partial charge is 0.348 e. The summed E-state index contributed by atoms with van der Waals surface area (Å²) in [6, 6.07) is 0. The molecule has 17 heavy (non-hydrogen) atoms. The molecule has 0 bridgehead atoms. The highest BCUT2D eigenvalue weighted by Gasteiger charge is 2.21. The van der Waals surface area contributed by atoms with Crippen LogP contribution in [0.4, 0.5) is 0 Å². The molecule has 0 saturated heterocycles. The molecule has 2 aliphatic heterocycles. The Labute approximate surface area is 107 Å². The van der Waals surface area contributed by atoms with Crippen LogP contribution in [0.25, 0.3) is 0 Å². The normalized spacial score (nSPS) is 31.2. The van der Waals surface area contributed by atoms with Crippen molar-refractivity contribution in [3.8, 4) is 0 Å². The standard InChI is InChI=1S/C14H22N2S/c15-17-9-7-12-10-16(8-6-13(12)11-17)14-4-2-1-3-5-14/h4,6,8,17H,1-3,5,7,9-11,15H2. The summed E-state index contributed by atoms with van der Waals surface area (Å²) in [6.07, 6.45) is 13.5. The van der Waals surface area contributed by atoms with Gasteiger partial charge in [-0.1, -0.05) is 6.08 Å². The molecule has 1 aliphatic carbocycles. The van der Waals surface area contributed by atoms with E-state index in [-0.39, 0.29) is 11.1 Å². The van der Waals surface area contributed by atoms with E-state index in [0.29, 0.717) is 0 Å². The summed E-state index contributed by atoms with van der Waals surface area (Å²) in [5, 5.41) is 6.09. The van der Waals surface area contributed by atoms with Crippen LogP contribution >= 0.6 is 11.1 Å². The van der Waals surface area contributed by atoms with E-state index >= 15 is 0 Å². The molecular weight excluding hydrogens is 228 g/mol. The van der Waals surface area contributed by atoms with Gasteiger partial charge in [-0.2, -0.15) is 0 Å². The van der Waals surface area contributed by atoms with Crippen molar-refractivity contribution in [1.82, 2.24) is 4.90 Å². The SMILES string of the molecule is N[SH]1CCC2=C(C=CN(C3=CCCCC3)C2)C1. The van der Waals surface area contributed by atoms with E-state index in [9.17, 15) is 0 Å². The third kappa shape index (κ3) is 2.45. The van der Waals surface area contributed by atoms with Crippen LogP contribution < -0.4 is 5.14 Å². The maximum absolute atomic E-state index is 6.09. The van der Waals surface area contributed by atoms with Crippen molar-refractivity contribution < 1.29 is 0 Å². The number of thiol groups is 1. The van der Waals surface area contributed by atoms with Gasteiger partial charge >= 0.3 is 0 Å². The lowest BCUT2D eigenvalue weighted by molar-refractivity contribution is 0.445. The summed E-state index contributed by atoms with van der Waals surface area (Å²) in [6.45, 7) is 1.13. The Morgan fingerprint density at radius 1 is 1.24 bits per heavy atom. The maximum Gasteiger partial charge on any atom is 0.0438 e. The van der Waals surface area contributed by atoms with Crippen LogP contribution in [-0.4, -0.2) is 23.0 Å². The molecule has 2 heterocycles. The smallest absolute Gasteiger partial charge is 0.0438 e. The minimum Gasteiger partial charge on any atom is -0.348 e. The van der Waals surface area contributed by atoms with Crippen molar-refractivity contribution in [2.75, 3.05) is 18.1 Å². The van der Waals surface area contributed by atoms with Gasteiger partial charge in [0.1, 0.15) is 0 Å². The van der Waals surface area contributed by atoms with Gasteiger partial charge in [0.15, 0.2) is 0 Å². The zero-order chi connectivity index (χ0) is 11.7. The van der Waals surface area contributed by atoms with E-state index in [1.165, 1.54) is 43.4 Å². The van der Waals surface area contributed by atoms with E-state index in [4.69, 9.17) is 5.14 Å². The van der Waals surface area contributed by atoms with Crippen molar-refractivity contribution in [1.29, 1.82) is 0 Å². The number of hydrogen-bond acceptors (Lipinski definition) is 2. The van der Waals surface area contributed by atoms with Gasteiger partial charge < -0.3 is 4.90 Å². The fraction of sp³-hybridized carbons (Fsp3) is 0.571. The highest BCUT2D eigenvalue weighted by Crippen LogP contribution is 2.35. The van der Waals surface area contributed by atoms with Gasteiger partial charge in [-0.15, -0.1) is 0 Å². The predicted molar refractivity (Wildman–Crippen MR) is 76.9 cm³/mol. The van der Waals surface area contributed by atoms with Crippen molar-refractivity contribution in [2.45, 2.75) is 32.1 Å². The number of hydrogen-bond donors (Lipinski definition) is 2. The monoisotopic (exact) mass is 250 g/mol. The van der Waals surface area contributed by atoms with E-state index in [2.05, 4.69) is 23.3 Å². The number of nitrogens with zero attached hydrogens (tertiary/aromatic N) is 1. The minimum absolute atomic E-state index is 0.206. The average Bonchev–Trinajstić information content (AvgIpc) is 2.39. The van der Waals surface area contributed by atoms with E-state index in [1.54, 1.807) is 11.3 Å². The van der Waals surface area contributed by atoms with E-state index in [1.807, 2.05) is 0 Å². The number of nitrogens with two attached hydrogens (primary N) is 1. The lowest BCUT2D eigenvalue weighted by atomic mass is 9.99. The van der Waals surface area contributed by atoms with Gasteiger partial charge in [0.05, 0.1) is 0 Å². The van der Waals surface area contributed by atoms with Crippen LogP contribution in [0.1, 0.15) is 32.1 Å². The Hall–Kier alpha value is -0.670. The molecule has 0 amide bonds. The topological polar surface area (TPSA) is 29.3 Å². The molecule has 2 N–H and O–H groups in total. The zero-order valence-electron chi connectivity index (χ0n) is 10.4. The second-order valence-electron chi connectivity index (χ2n) is 5.23. The van der Waals surface area contributed by atoms with Gasteiger partial charge in [0.25, 0.3) is 0 Å². The highest BCUT2D eigenvalue weighted by atomic mass is 32.2. The average molecular weight is 250 g/mol. The quantitative estimate of drug-likeness (QED) is 0.701. The summed E-state index contributed by atoms with van der Waals surface area (Å²) in [7, 11) is 0. The van der Waals surface area contributed by atoms with Gasteiger partial charge in [-0.25, -0.2) is 11.1 Å². The molecule has 3 rings (SSSR count). The molecule has 0 fully saturated rings. The summed E-state index contributed by atoms with van der Waals surface area (Å²) in [5.41, 5.74) is 4.72. The highest BCUT2D eigenvalue weighted by molar-refractivity contribution is 8.15. The molecule has 2 nitrogen and oxygen atoms in total. The summed E-state index contributed by atoms with van der Waals surface area (Å²) < 4.78 is 0. The van der Waals surface area contributed by atoms with Crippen molar-refractivity contribution in [3.05, 3.63) is 35.2 Å². The van der Waals surface area contributed by atoms with Gasteiger partial charge in [-0.3, -0.25) is 5.14 Å². The lowest BCUT2D eigenvalue weighted by Crippen LogP contribution is -2.27. The van der Waals surface area contributed by atoms with Gasteiger partial charge in [0.2, 0.25) is 0 Å². The van der Waals surface area contributed by atoms with E-state index < -0.39 is 0 Å². The van der Waals surface area contributed by atoms with Crippen molar-refractivity contribution in [3.63, 3.8) is 0 Å². The zero-order valence-corrected chi connectivity index (χ0v) is 11.3. The van der Waals surface area contributed by atoms with Crippen molar-refractivity contribution in [2.24, 2.45) is 5.14 Å². The van der Waals surface area contributed by atoms with Crippen LogP contribution in [0.3, 0.4) is 0 Å². The Morgan fingerprint density at radius 2 is 2.18 bits per heavy atom. The second kappa shape index (κ2) is 4.91. The van der Waals surface area contributed by atoms with Crippen LogP contribution in [-0.2, 0) is 0 Å². The van der Waals surface area contributed by atoms with Crippen LogP contribution in [0.15, 0.2) is 35.2 Å². The lowest BCUT2D eigenvalue weighted by Gasteiger charge is -2.35. The molecule has 0 aromatic heterocycles. The molecule has 3 heteroatoms. The fourth-order valence-corrected chi connectivity index (χ4v) is 4.40. The molecule has 1 atom stereocenters. The van der Waals surface area contributed by atoms with Crippen LogP contribution in [0, 0.1) is 0 Å².